The summed E-state index contributed by atoms with van der Waals surface area (Å²) in [6.07, 6.45) is 0.682. The van der Waals surface area contributed by atoms with Crippen LogP contribution in [0.1, 0.15) is 29.4 Å². The normalized spacial score (nSPS) is 12.0. The molecule has 0 saturated carbocycles. The van der Waals surface area contributed by atoms with Gasteiger partial charge in [0.1, 0.15) is 11.6 Å². The van der Waals surface area contributed by atoms with Gasteiger partial charge >= 0.3 is 0 Å². The highest BCUT2D eigenvalue weighted by molar-refractivity contribution is 7.99. The van der Waals surface area contributed by atoms with Crippen molar-refractivity contribution >= 4 is 23.7 Å². The van der Waals surface area contributed by atoms with E-state index in [1.807, 2.05) is 62.3 Å². The number of hydrogen-bond acceptors (Lipinski definition) is 8. The number of benzene rings is 2. The Bertz CT molecular complexity index is 1140. The Morgan fingerprint density at radius 1 is 0.935 bits per heavy atom. The molecule has 4 rings (SSSR count). The molecule has 0 radical (unpaired) electrons. The zero-order valence-electron chi connectivity index (χ0n) is 17.7. The van der Waals surface area contributed by atoms with Crippen LogP contribution in [0.15, 0.2) is 65.8 Å². The van der Waals surface area contributed by atoms with Crippen molar-refractivity contribution in [1.29, 1.82) is 0 Å². The largest absolute Gasteiger partial charge is 0.368 e. The Hall–Kier alpha value is -3.46. The van der Waals surface area contributed by atoms with Crippen LogP contribution >= 0.6 is 11.8 Å². The van der Waals surface area contributed by atoms with Crippen molar-refractivity contribution in [3.63, 3.8) is 0 Å². The van der Waals surface area contributed by atoms with Gasteiger partial charge in [0, 0.05) is 26.2 Å². The molecule has 8 nitrogen and oxygen atoms in total. The first kappa shape index (κ1) is 20.8. The van der Waals surface area contributed by atoms with Crippen molar-refractivity contribution in [2.75, 3.05) is 24.7 Å². The van der Waals surface area contributed by atoms with E-state index in [2.05, 4.69) is 54.0 Å². The van der Waals surface area contributed by atoms with E-state index in [0.717, 1.165) is 16.7 Å². The van der Waals surface area contributed by atoms with Crippen LogP contribution in [0.25, 0.3) is 5.69 Å². The molecule has 158 valence electrons. The molecule has 0 saturated heterocycles. The fourth-order valence-electron chi connectivity index (χ4n) is 3.10. The quantitative estimate of drug-likeness (QED) is 0.443. The molecule has 0 spiro atoms. The first-order valence-corrected chi connectivity index (χ1v) is 10.8. The van der Waals surface area contributed by atoms with Crippen LogP contribution < -0.4 is 10.6 Å². The average molecular weight is 433 g/mol. The predicted octanol–water partition coefficient (Wildman–Crippen LogP) is 3.54. The van der Waals surface area contributed by atoms with Crippen LogP contribution in [-0.4, -0.2) is 43.8 Å². The van der Waals surface area contributed by atoms with Gasteiger partial charge in [-0.3, -0.25) is 4.57 Å². The van der Waals surface area contributed by atoms with Crippen LogP contribution in [0.4, 0.5) is 11.9 Å². The lowest BCUT2D eigenvalue weighted by atomic mass is 10.1. The van der Waals surface area contributed by atoms with E-state index in [4.69, 9.17) is 5.73 Å². The molecule has 0 amide bonds. The molecule has 31 heavy (non-hydrogen) atoms. The summed E-state index contributed by atoms with van der Waals surface area (Å²) in [5.74, 6) is 2.21. The number of nitrogen functional groups attached to an aromatic ring is 1. The lowest BCUT2D eigenvalue weighted by Gasteiger charge is -2.15. The van der Waals surface area contributed by atoms with Gasteiger partial charge in [-0.2, -0.15) is 15.0 Å². The lowest BCUT2D eigenvalue weighted by molar-refractivity contribution is 0.828. The minimum atomic E-state index is -0.0970. The molecular weight excluding hydrogens is 408 g/mol. The number of para-hydroxylation sites is 1. The van der Waals surface area contributed by atoms with Crippen LogP contribution in [0, 0.1) is 0 Å². The van der Waals surface area contributed by atoms with Crippen molar-refractivity contribution in [3.05, 3.63) is 77.9 Å². The molecular formula is C22H24N8S. The smallest absolute Gasteiger partial charge is 0.229 e. The number of thioether (sulfide) groups is 1. The second-order valence-corrected chi connectivity index (χ2v) is 8.55. The molecule has 9 heteroatoms. The maximum Gasteiger partial charge on any atom is 0.229 e. The molecule has 2 heterocycles. The van der Waals surface area contributed by atoms with Crippen molar-refractivity contribution < 1.29 is 0 Å². The average Bonchev–Trinajstić information content (AvgIpc) is 3.16. The van der Waals surface area contributed by atoms with Crippen molar-refractivity contribution in [2.24, 2.45) is 0 Å². The fraction of sp³-hybridized carbons (Fsp3) is 0.227. The van der Waals surface area contributed by atoms with Crippen molar-refractivity contribution in [2.45, 2.75) is 23.8 Å². The number of hydrogen-bond donors (Lipinski definition) is 1. The number of nitrogens with zero attached hydrogens (tertiary/aromatic N) is 7. The molecule has 0 aliphatic rings. The van der Waals surface area contributed by atoms with Gasteiger partial charge in [-0.15, -0.1) is 10.2 Å². The molecule has 1 atom stereocenters. The molecule has 1 unspecified atom stereocenters. The Kier molecular flexibility index (Phi) is 6.13. The van der Waals surface area contributed by atoms with Crippen LogP contribution in [0.5, 0.6) is 0 Å². The van der Waals surface area contributed by atoms with Gasteiger partial charge in [-0.05, 0) is 24.6 Å². The fourth-order valence-corrected chi connectivity index (χ4v) is 4.03. The Labute approximate surface area is 185 Å². The van der Waals surface area contributed by atoms with E-state index >= 15 is 0 Å². The van der Waals surface area contributed by atoms with E-state index in [1.54, 1.807) is 11.8 Å². The van der Waals surface area contributed by atoms with Gasteiger partial charge in [0.25, 0.3) is 0 Å². The second-order valence-electron chi connectivity index (χ2n) is 7.24. The highest BCUT2D eigenvalue weighted by Crippen LogP contribution is 2.34. The van der Waals surface area contributed by atoms with Crippen LogP contribution in [-0.2, 0) is 6.42 Å². The van der Waals surface area contributed by atoms with Gasteiger partial charge in [-0.25, -0.2) is 0 Å². The molecule has 0 fully saturated rings. The van der Waals surface area contributed by atoms with Gasteiger partial charge in [0.05, 0.1) is 5.25 Å². The van der Waals surface area contributed by atoms with Crippen molar-refractivity contribution in [1.82, 2.24) is 29.7 Å². The Morgan fingerprint density at radius 2 is 1.61 bits per heavy atom. The third kappa shape index (κ3) is 4.83. The zero-order valence-corrected chi connectivity index (χ0v) is 18.5. The third-order valence-corrected chi connectivity index (χ3v) is 5.66. The molecule has 2 aromatic heterocycles. The van der Waals surface area contributed by atoms with Crippen molar-refractivity contribution in [3.8, 4) is 5.69 Å². The molecule has 2 N–H and O–H groups in total. The summed E-state index contributed by atoms with van der Waals surface area (Å²) in [7, 11) is 3.75. The minimum Gasteiger partial charge on any atom is -0.368 e. The minimum absolute atomic E-state index is 0.0970. The first-order chi connectivity index (χ1) is 15.0. The highest BCUT2D eigenvalue weighted by Gasteiger charge is 2.21. The molecule has 2 aromatic carbocycles. The monoisotopic (exact) mass is 432 g/mol. The van der Waals surface area contributed by atoms with Gasteiger partial charge in [0.15, 0.2) is 5.16 Å². The summed E-state index contributed by atoms with van der Waals surface area (Å²) >= 11 is 1.54. The lowest BCUT2D eigenvalue weighted by Crippen LogP contribution is -2.16. The van der Waals surface area contributed by atoms with E-state index < -0.39 is 0 Å². The van der Waals surface area contributed by atoms with Crippen LogP contribution in [0.2, 0.25) is 0 Å². The Balaban J connectivity index is 1.68. The van der Waals surface area contributed by atoms with E-state index in [9.17, 15) is 0 Å². The summed E-state index contributed by atoms with van der Waals surface area (Å²) in [4.78, 5) is 14.9. The standard InChI is InChI=1S/C22H24N8S/c1-15(19-24-20(23)26-21(25-19)29(2)3)31-22-28-27-18(14-16-10-6-4-7-11-16)30(22)17-12-8-5-9-13-17/h4-13,15H,14H2,1-3H3,(H2,23,24,25,26). The third-order valence-electron chi connectivity index (χ3n) is 4.62. The van der Waals surface area contributed by atoms with E-state index in [1.165, 1.54) is 5.56 Å². The molecule has 0 aliphatic carbocycles. The van der Waals surface area contributed by atoms with Gasteiger partial charge < -0.3 is 10.6 Å². The zero-order chi connectivity index (χ0) is 21.8. The topological polar surface area (TPSA) is 98.6 Å². The molecule has 0 bridgehead atoms. The Morgan fingerprint density at radius 3 is 2.29 bits per heavy atom. The van der Waals surface area contributed by atoms with E-state index in [-0.39, 0.29) is 11.2 Å². The van der Waals surface area contributed by atoms with Gasteiger partial charge in [-0.1, -0.05) is 60.3 Å². The maximum atomic E-state index is 5.91. The predicted molar refractivity (Wildman–Crippen MR) is 123 cm³/mol. The van der Waals surface area contributed by atoms with Gasteiger partial charge in [0.2, 0.25) is 11.9 Å². The summed E-state index contributed by atoms with van der Waals surface area (Å²) in [5, 5.41) is 9.68. The maximum absolute atomic E-state index is 5.91. The molecule has 0 aliphatic heterocycles. The summed E-state index contributed by atoms with van der Waals surface area (Å²) in [6.45, 7) is 2.03. The molecule has 4 aromatic rings. The first-order valence-electron chi connectivity index (χ1n) is 9.90. The summed E-state index contributed by atoms with van der Waals surface area (Å²) < 4.78 is 2.09. The summed E-state index contributed by atoms with van der Waals surface area (Å²) in [5.41, 5.74) is 8.10. The van der Waals surface area contributed by atoms with E-state index in [0.29, 0.717) is 18.2 Å². The number of aromatic nitrogens is 6. The second kappa shape index (κ2) is 9.13. The SMILES string of the molecule is CC(Sc1nnc(Cc2ccccc2)n1-c1ccccc1)c1nc(N)nc(N(C)C)n1. The summed E-state index contributed by atoms with van der Waals surface area (Å²) in [6, 6.07) is 20.4. The highest BCUT2D eigenvalue weighted by atomic mass is 32.2. The number of anilines is 2. The number of nitrogens with two attached hydrogens (primary N) is 1. The van der Waals surface area contributed by atoms with Crippen LogP contribution in [0.3, 0.4) is 0 Å². The number of rotatable bonds is 7.